The molecule has 6 aromatic rings. The minimum absolute atomic E-state index is 0.104. The van der Waals surface area contributed by atoms with Crippen molar-refractivity contribution in [2.24, 2.45) is 0 Å². The van der Waals surface area contributed by atoms with Crippen molar-refractivity contribution in [1.29, 1.82) is 0 Å². The van der Waals surface area contributed by atoms with Crippen LogP contribution in [0, 0.1) is 27.0 Å². The number of thiophene rings is 2. The number of phenolic OH excluding ortho intramolecular Hbond substituents is 1. The predicted octanol–water partition coefficient (Wildman–Crippen LogP) is 13.5. The zero-order chi connectivity index (χ0) is 38.9. The van der Waals surface area contributed by atoms with Crippen molar-refractivity contribution in [2.75, 3.05) is 0 Å². The van der Waals surface area contributed by atoms with Gasteiger partial charge >= 0.3 is 6.97 Å². The molecule has 55 heavy (non-hydrogen) atoms. The largest absolute Gasteiger partial charge is 0.737 e. The minimum atomic E-state index is -4.52. The zero-order valence-corrected chi connectivity index (χ0v) is 43.0. The van der Waals surface area contributed by atoms with Gasteiger partial charge < -0.3 is 22.7 Å². The Labute approximate surface area is 406 Å². The van der Waals surface area contributed by atoms with Crippen molar-refractivity contribution in [3.63, 3.8) is 0 Å². The molecule has 0 fully saturated rings. The van der Waals surface area contributed by atoms with E-state index in [4.69, 9.17) is 0 Å². The summed E-state index contributed by atoms with van der Waals surface area (Å²) >= 11 is 17.3. The third-order valence-corrected chi connectivity index (χ3v) is 23.8. The Bertz CT molecular complexity index is 2720. The van der Waals surface area contributed by atoms with E-state index in [-0.39, 0.29) is 5.75 Å². The number of phenols is 1. The van der Waals surface area contributed by atoms with Gasteiger partial charge in [-0.15, -0.1) is 22.7 Å². The first-order valence-corrected chi connectivity index (χ1v) is 24.5. The van der Waals surface area contributed by atoms with Crippen LogP contribution in [-0.2, 0) is 0 Å². The van der Waals surface area contributed by atoms with E-state index in [0.29, 0.717) is 28.4 Å². The summed E-state index contributed by atoms with van der Waals surface area (Å²) in [6.07, 6.45) is 14.3. The Balaban J connectivity index is 1.55. The number of halogens is 8. The molecule has 0 atom stereocenters. The third-order valence-electron chi connectivity index (χ3n) is 9.47. The van der Waals surface area contributed by atoms with Crippen LogP contribution < -0.4 is 0 Å². The quantitative estimate of drug-likeness (QED) is 0.128. The predicted molar refractivity (Wildman–Crippen MR) is 275 cm³/mol. The number of allylic oxidation sites excluding steroid dienone is 3. The molecule has 2 aliphatic rings. The molecule has 0 radical (unpaired) electrons. The number of pyridine rings is 2. The fourth-order valence-corrected chi connectivity index (χ4v) is 15.5. The van der Waals surface area contributed by atoms with Gasteiger partial charge in [-0.25, -0.2) is 0 Å². The molecule has 0 spiro atoms. The summed E-state index contributed by atoms with van der Waals surface area (Å²) in [5.41, 5.74) is 7.99. The average molecular weight is 1440 g/mol. The Kier molecular flexibility index (Phi) is 12.0. The van der Waals surface area contributed by atoms with Crippen LogP contribution in [0.1, 0.15) is 45.4 Å². The number of benzene rings is 1. The maximum atomic E-state index is 18.5. The Morgan fingerprint density at radius 1 is 0.691 bits per heavy atom. The minimum Gasteiger partial charge on any atom is -0.508 e. The fourth-order valence-electron chi connectivity index (χ4n) is 7.11. The van der Waals surface area contributed by atoms with Crippen molar-refractivity contribution < 1.29 is 18.2 Å². The lowest BCUT2D eigenvalue weighted by atomic mass is 9.83. The monoisotopic (exact) mass is 1440 g/mol. The van der Waals surface area contributed by atoms with E-state index >= 15 is 8.63 Å². The molecule has 0 bridgehead atoms. The first kappa shape index (κ1) is 40.7. The van der Waals surface area contributed by atoms with Gasteiger partial charge in [0.15, 0.2) is 11.4 Å². The van der Waals surface area contributed by atoms with Gasteiger partial charge in [-0.1, -0.05) is 18.2 Å². The lowest BCUT2D eigenvalue weighted by Gasteiger charge is -2.34. The number of fused-ring (bicyclic) bond motifs is 2. The van der Waals surface area contributed by atoms with E-state index in [1.54, 1.807) is 59.6 Å². The number of aromatic hydroxyl groups is 1. The first-order chi connectivity index (χ1) is 26.3. The molecule has 7 heterocycles. The molecule has 0 aliphatic carbocycles. The summed E-state index contributed by atoms with van der Waals surface area (Å²) in [7, 11) is 0. The normalized spacial score (nSPS) is 15.3. The molecule has 0 amide bonds. The van der Waals surface area contributed by atoms with Gasteiger partial charge in [0, 0.05) is 60.5 Å². The van der Waals surface area contributed by atoms with Crippen molar-refractivity contribution in [1.82, 2.24) is 14.4 Å². The Hall–Kier alpha value is -1.07. The third kappa shape index (κ3) is 7.11. The van der Waals surface area contributed by atoms with Gasteiger partial charge in [-0.2, -0.15) is 0 Å². The molecule has 0 saturated heterocycles. The van der Waals surface area contributed by atoms with Crippen LogP contribution in [-0.4, -0.2) is 36.7 Å². The SMILES string of the molecule is CC1=C(c2sc(I)c(I)c2I)C(/C=C/c2ccncc2)=[N+]2C1=C(c1ccc(O)cc1)c1c(C)c(-c3sc(I)c(I)c3I)c(/C=C/c3ccncc3)n1[B-]2(F)F. The second kappa shape index (κ2) is 16.2. The lowest BCUT2D eigenvalue weighted by molar-refractivity contribution is -0.361. The standard InChI is InChI=1S/C39H23BF2I6N4OS2/c1-19-27(36-30(43)32(45)38(47)54-36)25(9-3-21-11-15-49-16-12-21)51-34(19)29(23-5-7-24(53)8-6-23)35-20(2)28(37-31(44)33(46)39(48)55-37)26(52(35)40(51,41)42)10-4-22-13-17-50-18-14-22/h3-18,53H,1-2H3/b9-3+,10-4+. The number of aromatic nitrogens is 3. The molecule has 8 rings (SSSR count). The highest BCUT2D eigenvalue weighted by Gasteiger charge is 2.58. The molecule has 5 nitrogen and oxygen atoms in total. The number of hydrogen-bond donors (Lipinski definition) is 1. The Morgan fingerprint density at radius 3 is 1.75 bits per heavy atom. The van der Waals surface area contributed by atoms with Crippen LogP contribution >= 0.6 is 158 Å². The van der Waals surface area contributed by atoms with Gasteiger partial charge in [0.2, 0.25) is 0 Å². The topological polar surface area (TPSA) is 54.0 Å². The zero-order valence-electron chi connectivity index (χ0n) is 28.4. The highest BCUT2D eigenvalue weighted by Crippen LogP contribution is 2.53. The van der Waals surface area contributed by atoms with Crippen molar-refractivity contribution in [3.05, 3.63) is 149 Å². The average Bonchev–Trinajstić information content (AvgIpc) is 3.82. The van der Waals surface area contributed by atoms with Crippen LogP contribution in [0.4, 0.5) is 8.63 Å². The molecule has 2 aliphatic heterocycles. The molecule has 1 N–H and O–H groups in total. The highest BCUT2D eigenvalue weighted by molar-refractivity contribution is 14.1. The molecule has 0 unspecified atom stereocenters. The van der Waals surface area contributed by atoms with E-state index in [1.807, 2.05) is 74.5 Å². The van der Waals surface area contributed by atoms with Gasteiger partial charge in [0.05, 0.1) is 33.8 Å². The van der Waals surface area contributed by atoms with E-state index in [2.05, 4.69) is 146 Å². The van der Waals surface area contributed by atoms with Gasteiger partial charge in [-0.3, -0.25) is 9.97 Å². The van der Waals surface area contributed by atoms with E-state index in [0.717, 1.165) is 68.8 Å². The van der Waals surface area contributed by atoms with Gasteiger partial charge in [0.25, 0.3) is 0 Å². The summed E-state index contributed by atoms with van der Waals surface area (Å²) in [5, 5.41) is 10.4. The maximum absolute atomic E-state index is 18.5. The number of nitrogens with zero attached hydrogens (tertiary/aromatic N) is 4. The second-order valence-corrected chi connectivity index (χ2v) is 22.6. The molecule has 5 aromatic heterocycles. The van der Waals surface area contributed by atoms with Crippen LogP contribution in [0.2, 0.25) is 0 Å². The molecular formula is C39H23BF2I6N4OS2. The van der Waals surface area contributed by atoms with Crippen molar-refractivity contribution in [2.45, 2.75) is 13.8 Å². The Morgan fingerprint density at radius 2 is 1.22 bits per heavy atom. The van der Waals surface area contributed by atoms with Crippen LogP contribution in [0.3, 0.4) is 0 Å². The summed E-state index contributed by atoms with van der Waals surface area (Å²) in [4.78, 5) is 10.2. The summed E-state index contributed by atoms with van der Waals surface area (Å²) in [6.45, 7) is -0.580. The van der Waals surface area contributed by atoms with Gasteiger partial charge in [-0.05, 0) is 220 Å². The molecule has 16 heteroatoms. The summed E-state index contributed by atoms with van der Waals surface area (Å²) in [6, 6.07) is 14.4. The molecule has 1 aromatic carbocycles. The highest BCUT2D eigenvalue weighted by atomic mass is 127. The smallest absolute Gasteiger partial charge is 0.508 e. The first-order valence-electron chi connectivity index (χ1n) is 16.4. The number of hydrogen-bond acceptors (Lipinski definition) is 5. The molecule has 276 valence electrons. The van der Waals surface area contributed by atoms with Crippen molar-refractivity contribution >= 4 is 200 Å². The fraction of sp³-hybridized carbons (Fsp3) is 0.0513. The number of rotatable bonds is 7. The van der Waals surface area contributed by atoms with E-state index < -0.39 is 6.97 Å². The van der Waals surface area contributed by atoms with E-state index in [1.165, 1.54) is 8.96 Å². The van der Waals surface area contributed by atoms with Crippen molar-refractivity contribution in [3.8, 4) is 16.2 Å². The van der Waals surface area contributed by atoms with Crippen LogP contribution in [0.25, 0.3) is 39.8 Å². The summed E-state index contributed by atoms with van der Waals surface area (Å²) < 4.78 is 46.2. The van der Waals surface area contributed by atoms with Gasteiger partial charge in [0.1, 0.15) is 5.75 Å². The molecule has 0 saturated carbocycles. The lowest BCUT2D eigenvalue weighted by Crippen LogP contribution is -2.51. The second-order valence-electron chi connectivity index (χ2n) is 12.6. The maximum Gasteiger partial charge on any atom is 0.737 e. The van der Waals surface area contributed by atoms with E-state index in [9.17, 15) is 5.11 Å². The summed E-state index contributed by atoms with van der Waals surface area (Å²) in [5.74, 6) is 0.104. The molecular weight excluding hydrogens is 1410 g/mol. The van der Waals surface area contributed by atoms with Crippen LogP contribution in [0.15, 0.2) is 90.7 Å². The van der Waals surface area contributed by atoms with Crippen LogP contribution in [0.5, 0.6) is 5.75 Å².